The Morgan fingerprint density at radius 2 is 1.72 bits per heavy atom. The molecule has 0 radical (unpaired) electrons. The third-order valence-electron chi connectivity index (χ3n) is 7.16. The molecule has 0 spiro atoms. The molecule has 5 rings (SSSR count). The number of fused-ring (bicyclic) bond motifs is 1. The normalized spacial score (nSPS) is 28.8. The molecule has 8 nitrogen and oxygen atoms in total. The summed E-state index contributed by atoms with van der Waals surface area (Å²) in [5.74, 6) is -1.15. The van der Waals surface area contributed by atoms with Gasteiger partial charge in [-0.3, -0.25) is 24.1 Å². The van der Waals surface area contributed by atoms with Crippen LogP contribution >= 0.6 is 0 Å². The first kappa shape index (κ1) is 21.4. The van der Waals surface area contributed by atoms with Crippen molar-refractivity contribution in [3.8, 4) is 0 Å². The van der Waals surface area contributed by atoms with Gasteiger partial charge in [0.25, 0.3) is 5.91 Å². The Kier molecular flexibility index (Phi) is 5.67. The molecular formula is C24H32N4O4. The molecule has 4 fully saturated rings. The molecule has 3 atom stereocenters. The molecule has 32 heavy (non-hydrogen) atoms. The lowest BCUT2D eigenvalue weighted by molar-refractivity contribution is -0.184. The van der Waals surface area contributed by atoms with Crippen molar-refractivity contribution >= 4 is 23.4 Å². The lowest BCUT2D eigenvalue weighted by Crippen LogP contribution is -2.45. The summed E-state index contributed by atoms with van der Waals surface area (Å²) in [7, 11) is 3.94. The molecular weight excluding hydrogens is 408 g/mol. The molecule has 3 amide bonds. The third kappa shape index (κ3) is 3.90. The number of imide groups is 1. The van der Waals surface area contributed by atoms with Gasteiger partial charge in [0.2, 0.25) is 11.8 Å². The zero-order chi connectivity index (χ0) is 22.4. The molecule has 2 aliphatic heterocycles. The fraction of sp³-hybridized carbons (Fsp3) is 0.625. The van der Waals surface area contributed by atoms with Crippen molar-refractivity contribution in [2.75, 3.05) is 25.5 Å². The minimum Gasteiger partial charge on any atom is -0.378 e. The summed E-state index contributed by atoms with van der Waals surface area (Å²) < 4.78 is 0. The fourth-order valence-electron chi connectivity index (χ4n) is 5.31. The van der Waals surface area contributed by atoms with Crippen molar-refractivity contribution in [1.82, 2.24) is 15.3 Å². The van der Waals surface area contributed by atoms with Crippen molar-refractivity contribution in [3.05, 3.63) is 29.8 Å². The summed E-state index contributed by atoms with van der Waals surface area (Å²) in [5.41, 5.74) is 1.92. The standard InChI is InChI=1S/C24H32N4O4/c1-26(2)17-12-8-15(9-13-17)21-20-22(32-27(21)14-19(29)25-16-10-11-16)24(31)28(23(20)30)18-6-4-3-5-7-18/h8-9,12-13,16,18,20-22H,3-7,10-11,14H2,1-2H3,(H,25,29). The van der Waals surface area contributed by atoms with Crippen LogP contribution in [0.4, 0.5) is 5.69 Å². The summed E-state index contributed by atoms with van der Waals surface area (Å²) in [4.78, 5) is 48.9. The van der Waals surface area contributed by atoms with E-state index in [0.717, 1.165) is 56.2 Å². The highest BCUT2D eigenvalue weighted by molar-refractivity contribution is 6.07. The quantitative estimate of drug-likeness (QED) is 0.682. The van der Waals surface area contributed by atoms with E-state index in [4.69, 9.17) is 4.84 Å². The summed E-state index contributed by atoms with van der Waals surface area (Å²) in [6.45, 7) is 0.00753. The van der Waals surface area contributed by atoms with E-state index in [1.807, 2.05) is 43.3 Å². The number of hydrogen-bond donors (Lipinski definition) is 1. The second kappa shape index (κ2) is 8.48. The molecule has 0 bridgehead atoms. The van der Waals surface area contributed by atoms with Crippen LogP contribution in [-0.4, -0.2) is 66.5 Å². The van der Waals surface area contributed by atoms with Gasteiger partial charge in [-0.25, -0.2) is 0 Å². The topological polar surface area (TPSA) is 82.2 Å². The van der Waals surface area contributed by atoms with Crippen LogP contribution in [0.25, 0.3) is 0 Å². The van der Waals surface area contributed by atoms with Crippen LogP contribution in [0.2, 0.25) is 0 Å². The summed E-state index contributed by atoms with van der Waals surface area (Å²) in [5, 5.41) is 4.54. The van der Waals surface area contributed by atoms with Gasteiger partial charge < -0.3 is 10.2 Å². The zero-order valence-corrected chi connectivity index (χ0v) is 18.8. The molecule has 1 aromatic carbocycles. The Balaban J connectivity index is 1.43. The summed E-state index contributed by atoms with van der Waals surface area (Å²) >= 11 is 0. The molecule has 1 aromatic rings. The maximum atomic E-state index is 13.6. The van der Waals surface area contributed by atoms with E-state index in [-0.39, 0.29) is 36.3 Å². The molecule has 2 saturated carbocycles. The first-order valence-electron chi connectivity index (χ1n) is 11.8. The van der Waals surface area contributed by atoms with Crippen molar-refractivity contribution in [2.24, 2.45) is 5.92 Å². The number of nitrogens with zero attached hydrogens (tertiary/aromatic N) is 3. The SMILES string of the molecule is CN(C)c1ccc(C2C3C(=O)N(C4CCCCC4)C(=O)C3ON2CC(=O)NC2CC2)cc1. The second-order valence-corrected chi connectivity index (χ2v) is 9.74. The number of likely N-dealkylation sites (tertiary alicyclic amines) is 1. The van der Waals surface area contributed by atoms with Crippen molar-refractivity contribution in [3.63, 3.8) is 0 Å². The van der Waals surface area contributed by atoms with Crippen molar-refractivity contribution in [1.29, 1.82) is 0 Å². The molecule has 3 unspecified atom stereocenters. The van der Waals surface area contributed by atoms with Gasteiger partial charge in [-0.15, -0.1) is 0 Å². The zero-order valence-electron chi connectivity index (χ0n) is 18.8. The number of hydrogen-bond acceptors (Lipinski definition) is 6. The Hall–Kier alpha value is -2.45. The van der Waals surface area contributed by atoms with Gasteiger partial charge >= 0.3 is 0 Å². The number of carbonyl (C=O) groups is 3. The number of carbonyl (C=O) groups excluding carboxylic acids is 3. The average molecular weight is 441 g/mol. The predicted octanol–water partition coefficient (Wildman–Crippen LogP) is 2.01. The largest absolute Gasteiger partial charge is 0.378 e. The van der Waals surface area contributed by atoms with E-state index in [1.54, 1.807) is 5.06 Å². The Labute approximate surface area is 188 Å². The van der Waals surface area contributed by atoms with E-state index >= 15 is 0 Å². The van der Waals surface area contributed by atoms with Gasteiger partial charge in [0.05, 0.1) is 12.0 Å². The lowest BCUT2D eigenvalue weighted by atomic mass is 9.90. The molecule has 2 saturated heterocycles. The minimum atomic E-state index is -0.850. The van der Waals surface area contributed by atoms with Gasteiger partial charge in [-0.2, -0.15) is 5.06 Å². The van der Waals surface area contributed by atoms with Gasteiger partial charge in [-0.05, 0) is 43.4 Å². The highest BCUT2D eigenvalue weighted by atomic mass is 16.7. The van der Waals surface area contributed by atoms with Gasteiger partial charge in [0.15, 0.2) is 6.10 Å². The second-order valence-electron chi connectivity index (χ2n) is 9.74. The van der Waals surface area contributed by atoms with E-state index in [0.29, 0.717) is 0 Å². The number of hydroxylamine groups is 2. The van der Waals surface area contributed by atoms with E-state index in [9.17, 15) is 14.4 Å². The number of amides is 3. The lowest BCUT2D eigenvalue weighted by Gasteiger charge is -2.32. The summed E-state index contributed by atoms with van der Waals surface area (Å²) in [6.07, 6.45) is 6.12. The average Bonchev–Trinajstić information content (AvgIpc) is 3.46. The van der Waals surface area contributed by atoms with Gasteiger partial charge in [-0.1, -0.05) is 31.4 Å². The third-order valence-corrected chi connectivity index (χ3v) is 7.16. The fourth-order valence-corrected chi connectivity index (χ4v) is 5.31. The highest BCUT2D eigenvalue weighted by Crippen LogP contribution is 2.46. The van der Waals surface area contributed by atoms with Crippen molar-refractivity contribution in [2.45, 2.75) is 69.2 Å². The van der Waals surface area contributed by atoms with Crippen LogP contribution in [0.1, 0.15) is 56.6 Å². The van der Waals surface area contributed by atoms with E-state index in [1.165, 1.54) is 4.90 Å². The number of rotatable bonds is 6. The molecule has 2 heterocycles. The first-order valence-corrected chi connectivity index (χ1v) is 11.8. The van der Waals surface area contributed by atoms with Gasteiger partial charge in [0.1, 0.15) is 6.54 Å². The number of nitrogens with one attached hydrogen (secondary N) is 1. The Morgan fingerprint density at radius 3 is 2.34 bits per heavy atom. The molecule has 4 aliphatic rings. The molecule has 2 aliphatic carbocycles. The summed E-state index contributed by atoms with van der Waals surface area (Å²) in [6, 6.07) is 7.67. The van der Waals surface area contributed by atoms with Crippen LogP contribution in [0.3, 0.4) is 0 Å². The van der Waals surface area contributed by atoms with Crippen LogP contribution in [0.5, 0.6) is 0 Å². The van der Waals surface area contributed by atoms with Crippen LogP contribution in [0, 0.1) is 5.92 Å². The van der Waals surface area contributed by atoms with E-state index in [2.05, 4.69) is 5.32 Å². The predicted molar refractivity (Wildman–Crippen MR) is 118 cm³/mol. The van der Waals surface area contributed by atoms with Crippen LogP contribution in [0.15, 0.2) is 24.3 Å². The van der Waals surface area contributed by atoms with Gasteiger partial charge in [0, 0.05) is 31.9 Å². The monoisotopic (exact) mass is 440 g/mol. The molecule has 1 N–H and O–H groups in total. The number of anilines is 1. The Morgan fingerprint density at radius 1 is 1.03 bits per heavy atom. The molecule has 0 aromatic heterocycles. The van der Waals surface area contributed by atoms with Crippen molar-refractivity contribution < 1.29 is 19.2 Å². The Bertz CT molecular complexity index is 892. The smallest absolute Gasteiger partial charge is 0.261 e. The molecule has 172 valence electrons. The maximum absolute atomic E-state index is 13.6. The minimum absolute atomic E-state index is 0.00753. The number of benzene rings is 1. The highest BCUT2D eigenvalue weighted by Gasteiger charge is 2.60. The maximum Gasteiger partial charge on any atom is 0.261 e. The van der Waals surface area contributed by atoms with Crippen LogP contribution < -0.4 is 10.2 Å². The van der Waals surface area contributed by atoms with E-state index < -0.39 is 18.1 Å². The van der Waals surface area contributed by atoms with Crippen LogP contribution in [-0.2, 0) is 19.2 Å². The first-order chi connectivity index (χ1) is 15.4. The molecule has 8 heteroatoms.